The number of aryl methyl sites for hydroxylation is 1. The van der Waals surface area contributed by atoms with Crippen molar-refractivity contribution in [2.24, 2.45) is 0 Å². The van der Waals surface area contributed by atoms with Crippen molar-refractivity contribution in [2.45, 2.75) is 56.9 Å². The maximum atomic E-state index is 13.2. The van der Waals surface area contributed by atoms with E-state index in [0.29, 0.717) is 11.7 Å². The second-order valence-electron chi connectivity index (χ2n) is 7.73. The van der Waals surface area contributed by atoms with Crippen molar-refractivity contribution >= 4 is 32.8 Å². The first kappa shape index (κ1) is 19.7. The zero-order valence-corrected chi connectivity index (χ0v) is 17.7. The van der Waals surface area contributed by atoms with E-state index in [1.54, 1.807) is 24.5 Å². The van der Waals surface area contributed by atoms with Crippen LogP contribution in [0.3, 0.4) is 0 Å². The molecule has 152 valence electrons. The molecule has 0 unspecified atom stereocenters. The number of benzene rings is 1. The van der Waals surface area contributed by atoms with E-state index >= 15 is 0 Å². The Bertz CT molecular complexity index is 1140. The number of hydrogen-bond acceptors (Lipinski definition) is 4. The highest BCUT2D eigenvalue weighted by Gasteiger charge is 2.23. The number of pyridine rings is 1. The Labute approximate surface area is 172 Å². The number of nitrogens with one attached hydrogen (secondary N) is 1. The molecule has 5 nitrogen and oxygen atoms in total. The van der Waals surface area contributed by atoms with Crippen LogP contribution in [0, 0.1) is 6.92 Å². The molecule has 0 bridgehead atoms. The summed E-state index contributed by atoms with van der Waals surface area (Å²) in [7, 11) is -3.71. The first-order valence-corrected chi connectivity index (χ1v) is 11.7. The summed E-state index contributed by atoms with van der Waals surface area (Å²) in [6, 6.07) is 9.18. The molecule has 1 N–H and O–H groups in total. The summed E-state index contributed by atoms with van der Waals surface area (Å²) in [6.07, 6.45) is 13.4. The molecule has 1 saturated carbocycles. The molecule has 29 heavy (non-hydrogen) atoms. The zero-order valence-electron chi connectivity index (χ0n) is 16.9. The van der Waals surface area contributed by atoms with Gasteiger partial charge in [-0.15, -0.1) is 0 Å². The van der Waals surface area contributed by atoms with Gasteiger partial charge in [-0.3, -0.25) is 0 Å². The number of rotatable bonds is 5. The smallest absolute Gasteiger partial charge is 0.269 e. The van der Waals surface area contributed by atoms with Gasteiger partial charge in [0.1, 0.15) is 0 Å². The van der Waals surface area contributed by atoms with E-state index in [2.05, 4.69) is 10.3 Å². The van der Waals surface area contributed by atoms with Gasteiger partial charge in [0.2, 0.25) is 0 Å². The summed E-state index contributed by atoms with van der Waals surface area (Å²) in [4.78, 5) is 4.78. The predicted octanol–water partition coefficient (Wildman–Crippen LogP) is 5.36. The van der Waals surface area contributed by atoms with Crippen LogP contribution < -0.4 is 5.32 Å². The summed E-state index contributed by atoms with van der Waals surface area (Å²) in [5.74, 6) is 0. The second kappa shape index (κ2) is 8.03. The lowest BCUT2D eigenvalue weighted by molar-refractivity contribution is 0.463. The van der Waals surface area contributed by atoms with E-state index in [9.17, 15) is 8.42 Å². The van der Waals surface area contributed by atoms with Crippen LogP contribution in [0.4, 0.5) is 5.69 Å². The highest BCUT2D eigenvalue weighted by atomic mass is 32.2. The highest BCUT2D eigenvalue weighted by molar-refractivity contribution is 7.90. The molecule has 0 amide bonds. The Kier molecular flexibility index (Phi) is 5.46. The van der Waals surface area contributed by atoms with Crippen LogP contribution >= 0.6 is 0 Å². The summed E-state index contributed by atoms with van der Waals surface area (Å²) < 4.78 is 27.7. The molecule has 2 heterocycles. The molecular weight excluding hydrogens is 382 g/mol. The standard InChI is InChI=1S/C23H27N3O2S/c1-3-7-18-16-24-23-21(22(18)25-19-8-5-4-6-9-19)14-15-26(23)29(27,28)20-12-10-17(2)11-13-20/h3,7,10-16,19H,4-6,8-9H2,1-2H3,(H,24,25)/b7-3+. The lowest BCUT2D eigenvalue weighted by Crippen LogP contribution is -2.23. The Hall–Kier alpha value is -2.60. The number of nitrogens with zero attached hydrogens (tertiary/aromatic N) is 2. The molecule has 3 aromatic rings. The van der Waals surface area contributed by atoms with Gasteiger partial charge in [0, 0.05) is 29.4 Å². The van der Waals surface area contributed by atoms with Crippen molar-refractivity contribution in [3.05, 3.63) is 59.9 Å². The molecule has 1 aliphatic rings. The fourth-order valence-electron chi connectivity index (χ4n) is 4.01. The average molecular weight is 410 g/mol. The predicted molar refractivity (Wildman–Crippen MR) is 119 cm³/mol. The molecule has 0 spiro atoms. The van der Waals surface area contributed by atoms with Gasteiger partial charge in [-0.2, -0.15) is 0 Å². The molecule has 1 aromatic carbocycles. The van der Waals surface area contributed by atoms with Gasteiger partial charge in [0.25, 0.3) is 10.0 Å². The first-order chi connectivity index (χ1) is 14.0. The minimum absolute atomic E-state index is 0.265. The van der Waals surface area contributed by atoms with Gasteiger partial charge >= 0.3 is 0 Å². The Balaban J connectivity index is 1.82. The van der Waals surface area contributed by atoms with E-state index in [0.717, 1.165) is 35.0 Å². The van der Waals surface area contributed by atoms with Crippen LogP contribution in [0.1, 0.15) is 50.2 Å². The SMILES string of the molecule is C/C=C/c1cnc2c(ccn2S(=O)(=O)c2ccc(C)cc2)c1NC1CCCCC1. The molecule has 4 rings (SSSR count). The molecule has 0 atom stereocenters. The van der Waals surface area contributed by atoms with Crippen molar-refractivity contribution in [2.75, 3.05) is 5.32 Å². The number of allylic oxidation sites excluding steroid dienone is 1. The topological polar surface area (TPSA) is 64.0 Å². The van der Waals surface area contributed by atoms with Gasteiger partial charge in [-0.05, 0) is 44.9 Å². The molecule has 6 heteroatoms. The quantitative estimate of drug-likeness (QED) is 0.616. The number of fused-ring (bicyclic) bond motifs is 1. The molecule has 0 saturated heterocycles. The lowest BCUT2D eigenvalue weighted by Gasteiger charge is -2.25. The van der Waals surface area contributed by atoms with Crippen LogP contribution in [0.5, 0.6) is 0 Å². The van der Waals surface area contributed by atoms with Crippen molar-refractivity contribution in [3.8, 4) is 0 Å². The lowest BCUT2D eigenvalue weighted by atomic mass is 9.95. The minimum atomic E-state index is -3.71. The maximum absolute atomic E-state index is 13.2. The summed E-state index contributed by atoms with van der Waals surface area (Å²) in [5, 5.41) is 4.52. The second-order valence-corrected chi connectivity index (χ2v) is 9.55. The Morgan fingerprint density at radius 2 is 1.83 bits per heavy atom. The van der Waals surface area contributed by atoms with Crippen LogP contribution in [0.2, 0.25) is 0 Å². The largest absolute Gasteiger partial charge is 0.381 e. The summed E-state index contributed by atoms with van der Waals surface area (Å²) in [6.45, 7) is 3.91. The molecule has 2 aromatic heterocycles. The fraction of sp³-hybridized carbons (Fsp3) is 0.348. The number of aromatic nitrogens is 2. The van der Waals surface area contributed by atoms with Gasteiger partial charge in [0.05, 0.1) is 10.6 Å². The third-order valence-electron chi connectivity index (χ3n) is 5.59. The third-order valence-corrected chi connectivity index (χ3v) is 7.27. The van der Waals surface area contributed by atoms with Gasteiger partial charge in [-0.1, -0.05) is 49.1 Å². The van der Waals surface area contributed by atoms with Crippen molar-refractivity contribution < 1.29 is 8.42 Å². The van der Waals surface area contributed by atoms with Gasteiger partial charge in [-0.25, -0.2) is 17.4 Å². The maximum Gasteiger partial charge on any atom is 0.269 e. The van der Waals surface area contributed by atoms with Crippen molar-refractivity contribution in [1.82, 2.24) is 8.96 Å². The molecule has 0 aliphatic heterocycles. The average Bonchev–Trinajstić information content (AvgIpc) is 3.16. The fourth-order valence-corrected chi connectivity index (χ4v) is 5.32. The zero-order chi connectivity index (χ0) is 20.4. The molecule has 1 aliphatic carbocycles. The minimum Gasteiger partial charge on any atom is -0.381 e. The van der Waals surface area contributed by atoms with E-state index in [1.807, 2.05) is 44.2 Å². The van der Waals surface area contributed by atoms with Crippen molar-refractivity contribution in [1.29, 1.82) is 0 Å². The van der Waals surface area contributed by atoms with E-state index in [1.165, 1.54) is 23.2 Å². The summed E-state index contributed by atoms with van der Waals surface area (Å²) in [5.41, 5.74) is 3.43. The Morgan fingerprint density at radius 3 is 2.52 bits per heavy atom. The van der Waals surface area contributed by atoms with Crippen LogP contribution in [-0.2, 0) is 10.0 Å². The van der Waals surface area contributed by atoms with E-state index in [-0.39, 0.29) is 4.90 Å². The van der Waals surface area contributed by atoms with Crippen LogP contribution in [-0.4, -0.2) is 23.4 Å². The van der Waals surface area contributed by atoms with Gasteiger partial charge in [0.15, 0.2) is 5.65 Å². The van der Waals surface area contributed by atoms with Crippen LogP contribution in [0.15, 0.2) is 53.7 Å². The number of anilines is 1. The monoisotopic (exact) mass is 409 g/mol. The third kappa shape index (κ3) is 3.81. The number of hydrogen-bond donors (Lipinski definition) is 1. The molecule has 0 radical (unpaired) electrons. The van der Waals surface area contributed by atoms with Crippen LogP contribution in [0.25, 0.3) is 17.1 Å². The molecular formula is C23H27N3O2S. The van der Waals surface area contributed by atoms with E-state index in [4.69, 9.17) is 0 Å². The van der Waals surface area contributed by atoms with Crippen molar-refractivity contribution in [3.63, 3.8) is 0 Å². The highest BCUT2D eigenvalue weighted by Crippen LogP contribution is 2.32. The van der Waals surface area contributed by atoms with Gasteiger partial charge < -0.3 is 5.32 Å². The normalized spacial score (nSPS) is 15.9. The van der Waals surface area contributed by atoms with E-state index < -0.39 is 10.0 Å². The Morgan fingerprint density at radius 1 is 1.10 bits per heavy atom. The summed E-state index contributed by atoms with van der Waals surface area (Å²) >= 11 is 0. The molecule has 1 fully saturated rings. The first-order valence-electron chi connectivity index (χ1n) is 10.2.